The lowest BCUT2D eigenvalue weighted by Gasteiger charge is -2.25. The number of benzene rings is 2. The highest BCUT2D eigenvalue weighted by Gasteiger charge is 2.26. The molecule has 0 unspecified atom stereocenters. The number of carbonyl (C=O) groups excluding carboxylic acids is 1. The van der Waals surface area contributed by atoms with E-state index in [0.29, 0.717) is 51.1 Å². The average Bonchev–Trinajstić information content (AvgIpc) is 3.26. The Kier molecular flexibility index (Phi) is 7.79. The van der Waals surface area contributed by atoms with Crippen LogP contribution in [0.1, 0.15) is 44.6 Å². The molecule has 0 bridgehead atoms. The molecule has 2 heterocycles. The van der Waals surface area contributed by atoms with Gasteiger partial charge >= 0.3 is 0 Å². The number of ether oxygens (including phenoxy) is 1. The number of hydrogen-bond donors (Lipinski definition) is 1. The predicted molar refractivity (Wildman–Crippen MR) is 129 cm³/mol. The van der Waals surface area contributed by atoms with Crippen molar-refractivity contribution < 1.29 is 17.9 Å². The third kappa shape index (κ3) is 5.74. The molecule has 0 atom stereocenters. The number of amides is 1. The van der Waals surface area contributed by atoms with Crippen molar-refractivity contribution in [3.8, 4) is 5.75 Å². The van der Waals surface area contributed by atoms with Crippen LogP contribution in [0.3, 0.4) is 0 Å². The smallest absolute Gasteiger partial charge is 0.243 e. The summed E-state index contributed by atoms with van der Waals surface area (Å²) in [7, 11) is -3.51. The molecular weight excluding hydrogens is 454 g/mol. The van der Waals surface area contributed by atoms with Gasteiger partial charge in [-0.25, -0.2) is 13.1 Å². The fourth-order valence-electron chi connectivity index (χ4n) is 4.08. The van der Waals surface area contributed by atoms with Gasteiger partial charge < -0.3 is 10.1 Å². The Balaban J connectivity index is 1.29. The van der Waals surface area contributed by atoms with Crippen LogP contribution in [0.2, 0.25) is 0 Å². The van der Waals surface area contributed by atoms with Crippen LogP contribution in [0.15, 0.2) is 47.4 Å². The maximum atomic E-state index is 12.9. The molecule has 1 N–H and O–H groups in total. The van der Waals surface area contributed by atoms with Crippen LogP contribution in [-0.4, -0.2) is 53.3 Å². The first kappa shape index (κ1) is 24.2. The number of aryl methyl sites for hydroxylation is 1. The van der Waals surface area contributed by atoms with E-state index in [1.54, 1.807) is 27.2 Å². The molecule has 3 aromatic rings. The van der Waals surface area contributed by atoms with Crippen LogP contribution in [-0.2, 0) is 27.9 Å². The predicted octanol–water partition coefficient (Wildman–Crippen LogP) is 3.10. The molecular formula is C24H31N5O4S. The summed E-state index contributed by atoms with van der Waals surface area (Å²) < 4.78 is 34.5. The van der Waals surface area contributed by atoms with E-state index in [2.05, 4.69) is 15.6 Å². The molecule has 182 valence electrons. The molecule has 1 saturated heterocycles. The molecule has 4 rings (SSSR count). The maximum absolute atomic E-state index is 12.9. The minimum absolute atomic E-state index is 0.0341. The Morgan fingerprint density at radius 1 is 1.09 bits per heavy atom. The summed E-state index contributed by atoms with van der Waals surface area (Å²) in [5.41, 5.74) is 2.31. The monoisotopic (exact) mass is 485 g/mol. The Morgan fingerprint density at radius 2 is 1.85 bits per heavy atom. The van der Waals surface area contributed by atoms with Crippen molar-refractivity contribution in [1.29, 1.82) is 0 Å². The van der Waals surface area contributed by atoms with Crippen LogP contribution in [0.4, 0.5) is 0 Å². The normalized spacial score (nSPS) is 14.9. The number of rotatable bonds is 10. The molecule has 2 aromatic carbocycles. The summed E-state index contributed by atoms with van der Waals surface area (Å²) in [6.45, 7) is 4.67. The molecule has 1 fully saturated rings. The summed E-state index contributed by atoms with van der Waals surface area (Å²) in [5, 5.41) is 11.2. The zero-order chi connectivity index (χ0) is 24.0. The number of nitrogens with one attached hydrogen (secondary N) is 1. The van der Waals surface area contributed by atoms with Gasteiger partial charge in [-0.1, -0.05) is 23.8 Å². The quantitative estimate of drug-likeness (QED) is 0.473. The van der Waals surface area contributed by atoms with E-state index in [1.165, 1.54) is 0 Å². The summed E-state index contributed by atoms with van der Waals surface area (Å²) in [6, 6.07) is 12.6. The molecule has 1 aromatic heterocycles. The van der Waals surface area contributed by atoms with Gasteiger partial charge in [0, 0.05) is 32.6 Å². The SMILES string of the molecule is CCOc1ccc(CNC(=O)CCCn2nnc3cc(S(=O)(=O)N4CCCCC4)ccc32)cc1. The first-order chi connectivity index (χ1) is 16.5. The average molecular weight is 486 g/mol. The summed E-state index contributed by atoms with van der Waals surface area (Å²) in [4.78, 5) is 12.5. The van der Waals surface area contributed by atoms with Crippen LogP contribution >= 0.6 is 0 Å². The molecule has 0 saturated carbocycles. The lowest BCUT2D eigenvalue weighted by atomic mass is 10.2. The number of piperidine rings is 1. The number of aromatic nitrogens is 3. The van der Waals surface area contributed by atoms with Crippen LogP contribution in [0.25, 0.3) is 11.0 Å². The van der Waals surface area contributed by atoms with Gasteiger partial charge in [0.25, 0.3) is 0 Å². The molecule has 1 aliphatic heterocycles. The molecule has 10 heteroatoms. The third-order valence-corrected chi connectivity index (χ3v) is 7.83. The van der Waals surface area contributed by atoms with Gasteiger partial charge in [-0.05, 0) is 62.1 Å². The van der Waals surface area contributed by atoms with Gasteiger partial charge in [0.2, 0.25) is 15.9 Å². The molecule has 0 spiro atoms. The number of carbonyl (C=O) groups is 1. The van der Waals surface area contributed by atoms with Gasteiger partial charge in [-0.15, -0.1) is 5.10 Å². The second-order valence-electron chi connectivity index (χ2n) is 8.39. The minimum atomic E-state index is -3.51. The first-order valence-electron chi connectivity index (χ1n) is 11.8. The van der Waals surface area contributed by atoms with Crippen LogP contribution in [0, 0.1) is 0 Å². The van der Waals surface area contributed by atoms with E-state index < -0.39 is 10.0 Å². The van der Waals surface area contributed by atoms with Crippen molar-refractivity contribution in [3.05, 3.63) is 48.0 Å². The fourth-order valence-corrected chi connectivity index (χ4v) is 5.62. The minimum Gasteiger partial charge on any atom is -0.494 e. The highest BCUT2D eigenvalue weighted by Crippen LogP contribution is 2.23. The van der Waals surface area contributed by atoms with Crippen molar-refractivity contribution in [3.63, 3.8) is 0 Å². The van der Waals surface area contributed by atoms with E-state index in [-0.39, 0.29) is 10.8 Å². The Hall–Kier alpha value is -2.98. The van der Waals surface area contributed by atoms with Crippen molar-refractivity contribution >= 4 is 27.0 Å². The second-order valence-corrected chi connectivity index (χ2v) is 10.3. The zero-order valence-electron chi connectivity index (χ0n) is 19.4. The van der Waals surface area contributed by atoms with Gasteiger partial charge in [0.05, 0.1) is 17.0 Å². The van der Waals surface area contributed by atoms with Crippen molar-refractivity contribution in [2.24, 2.45) is 0 Å². The van der Waals surface area contributed by atoms with E-state index in [4.69, 9.17) is 4.74 Å². The molecule has 34 heavy (non-hydrogen) atoms. The van der Waals surface area contributed by atoms with E-state index in [0.717, 1.165) is 36.1 Å². The zero-order valence-corrected chi connectivity index (χ0v) is 20.3. The van der Waals surface area contributed by atoms with Gasteiger partial charge in [-0.3, -0.25) is 4.79 Å². The largest absolute Gasteiger partial charge is 0.494 e. The van der Waals surface area contributed by atoms with E-state index in [9.17, 15) is 13.2 Å². The summed E-state index contributed by atoms with van der Waals surface area (Å²) >= 11 is 0. The van der Waals surface area contributed by atoms with Gasteiger partial charge in [-0.2, -0.15) is 4.31 Å². The molecule has 0 radical (unpaired) electrons. The number of sulfonamides is 1. The van der Waals surface area contributed by atoms with Gasteiger partial charge in [0.15, 0.2) is 0 Å². The third-order valence-electron chi connectivity index (χ3n) is 5.94. The van der Waals surface area contributed by atoms with Gasteiger partial charge in [0.1, 0.15) is 11.3 Å². The Labute approximate surface area is 200 Å². The number of fused-ring (bicyclic) bond motifs is 1. The molecule has 0 aliphatic carbocycles. The topological polar surface area (TPSA) is 106 Å². The first-order valence-corrected chi connectivity index (χ1v) is 13.2. The second kappa shape index (κ2) is 11.0. The number of hydrogen-bond acceptors (Lipinski definition) is 6. The Bertz CT molecular complexity index is 1220. The summed E-state index contributed by atoms with van der Waals surface area (Å²) in [6.07, 6.45) is 3.82. The highest BCUT2D eigenvalue weighted by molar-refractivity contribution is 7.89. The number of nitrogens with zero attached hydrogens (tertiary/aromatic N) is 4. The lowest BCUT2D eigenvalue weighted by Crippen LogP contribution is -2.35. The molecule has 1 amide bonds. The standard InChI is InChI=1S/C24H31N5O4S/c1-2-33-20-10-8-19(9-11-20)18-25-24(30)7-6-16-29-23-13-12-21(17-22(23)26-27-29)34(31,32)28-14-4-3-5-15-28/h8-13,17H,2-7,14-16,18H2,1H3,(H,25,30). The molecule has 9 nitrogen and oxygen atoms in total. The van der Waals surface area contributed by atoms with Crippen molar-refractivity contribution in [2.45, 2.75) is 57.0 Å². The lowest BCUT2D eigenvalue weighted by molar-refractivity contribution is -0.121. The Morgan fingerprint density at radius 3 is 2.59 bits per heavy atom. The summed E-state index contributed by atoms with van der Waals surface area (Å²) in [5.74, 6) is 0.780. The van der Waals surface area contributed by atoms with Crippen LogP contribution < -0.4 is 10.1 Å². The van der Waals surface area contributed by atoms with Crippen molar-refractivity contribution in [2.75, 3.05) is 19.7 Å². The van der Waals surface area contributed by atoms with E-state index in [1.807, 2.05) is 31.2 Å². The molecule has 1 aliphatic rings. The van der Waals surface area contributed by atoms with E-state index >= 15 is 0 Å². The van der Waals surface area contributed by atoms with Crippen LogP contribution in [0.5, 0.6) is 5.75 Å². The fraction of sp³-hybridized carbons (Fsp3) is 0.458. The van der Waals surface area contributed by atoms with Crippen molar-refractivity contribution in [1.82, 2.24) is 24.6 Å². The highest BCUT2D eigenvalue weighted by atomic mass is 32.2. The maximum Gasteiger partial charge on any atom is 0.243 e.